The predicted octanol–water partition coefficient (Wildman–Crippen LogP) is -0.977. The maximum Gasteiger partial charge on any atom is 0.0897 e. The normalized spacial score (nSPS) is 25.8. The topological polar surface area (TPSA) is 55.7 Å². The van der Waals surface area contributed by atoms with Crippen molar-refractivity contribution in [2.75, 3.05) is 32.8 Å². The molecule has 1 fully saturated rings. The van der Waals surface area contributed by atoms with E-state index in [1.165, 1.54) is 0 Å². The number of nitrogens with zero attached hydrogens (tertiary/aromatic N) is 1. The van der Waals surface area contributed by atoms with E-state index in [-0.39, 0.29) is 12.1 Å². The van der Waals surface area contributed by atoms with Crippen LogP contribution in [0, 0.1) is 0 Å². The lowest BCUT2D eigenvalue weighted by Gasteiger charge is -2.43. The molecule has 0 aromatic rings. The molecule has 0 spiro atoms. The van der Waals surface area contributed by atoms with Gasteiger partial charge in [0.15, 0.2) is 0 Å². The zero-order valence-electron chi connectivity index (χ0n) is 8.45. The number of hydrogen-bond donors (Lipinski definition) is 3. The second kappa shape index (κ2) is 4.37. The lowest BCUT2D eigenvalue weighted by molar-refractivity contribution is 0.0109. The van der Waals surface area contributed by atoms with Gasteiger partial charge in [0.2, 0.25) is 0 Å². The fourth-order valence-corrected chi connectivity index (χ4v) is 1.67. The summed E-state index contributed by atoms with van der Waals surface area (Å²) in [7, 11) is 0. The molecule has 13 heavy (non-hydrogen) atoms. The molecule has 3 N–H and O–H groups in total. The maximum atomic E-state index is 9.33. The van der Waals surface area contributed by atoms with Gasteiger partial charge in [-0.1, -0.05) is 0 Å². The Morgan fingerprint density at radius 2 is 2.23 bits per heavy atom. The van der Waals surface area contributed by atoms with Gasteiger partial charge >= 0.3 is 0 Å². The predicted molar refractivity (Wildman–Crippen MR) is 51.6 cm³/mol. The molecule has 1 unspecified atom stereocenters. The Hall–Kier alpha value is -0.160. The first-order valence-corrected chi connectivity index (χ1v) is 4.81. The highest BCUT2D eigenvalue weighted by Gasteiger charge is 2.30. The number of nitrogens with one attached hydrogen (secondary N) is 1. The highest BCUT2D eigenvalue weighted by atomic mass is 16.3. The molecule has 78 valence electrons. The third-order valence-corrected chi connectivity index (χ3v) is 2.61. The second-order valence-electron chi connectivity index (χ2n) is 4.27. The second-order valence-corrected chi connectivity index (χ2v) is 4.27. The average Bonchev–Trinajstić information content (AvgIpc) is 2.08. The molecule has 0 radical (unpaired) electrons. The van der Waals surface area contributed by atoms with Crippen LogP contribution in [0.3, 0.4) is 0 Å². The van der Waals surface area contributed by atoms with Gasteiger partial charge in [0.25, 0.3) is 0 Å². The Balaban J connectivity index is 2.46. The summed E-state index contributed by atoms with van der Waals surface area (Å²) in [5.74, 6) is 0. The molecular weight excluding hydrogens is 168 g/mol. The minimum Gasteiger partial charge on any atom is -0.394 e. The summed E-state index contributed by atoms with van der Waals surface area (Å²) in [6.07, 6.45) is -0.614. The molecule has 1 aliphatic rings. The van der Waals surface area contributed by atoms with Crippen molar-refractivity contribution in [3.8, 4) is 0 Å². The number of aliphatic hydroxyl groups excluding tert-OH is 2. The largest absolute Gasteiger partial charge is 0.394 e. The van der Waals surface area contributed by atoms with Crippen LogP contribution in [0.2, 0.25) is 0 Å². The van der Waals surface area contributed by atoms with Gasteiger partial charge in [-0.15, -0.1) is 0 Å². The van der Waals surface area contributed by atoms with Gasteiger partial charge in [-0.25, -0.2) is 0 Å². The molecule has 4 heteroatoms. The number of rotatable bonds is 3. The molecule has 0 aromatic carbocycles. The lowest BCUT2D eigenvalue weighted by Crippen LogP contribution is -2.59. The third-order valence-electron chi connectivity index (χ3n) is 2.61. The van der Waals surface area contributed by atoms with E-state index in [0.29, 0.717) is 6.54 Å². The Labute approximate surface area is 79.6 Å². The first-order valence-electron chi connectivity index (χ1n) is 4.81. The third kappa shape index (κ3) is 2.91. The zero-order chi connectivity index (χ0) is 9.90. The van der Waals surface area contributed by atoms with Crippen LogP contribution in [0.15, 0.2) is 0 Å². The van der Waals surface area contributed by atoms with Gasteiger partial charge in [0.05, 0.1) is 12.7 Å². The van der Waals surface area contributed by atoms with Crippen LogP contribution in [-0.2, 0) is 0 Å². The van der Waals surface area contributed by atoms with E-state index >= 15 is 0 Å². The molecule has 1 heterocycles. The van der Waals surface area contributed by atoms with Crippen LogP contribution in [0.4, 0.5) is 0 Å². The number of β-amino-alcohol motifs (C(OH)–C–C–N with tert-alkyl or cyclic N) is 1. The number of hydrogen-bond acceptors (Lipinski definition) is 4. The fourth-order valence-electron chi connectivity index (χ4n) is 1.67. The highest BCUT2D eigenvalue weighted by molar-refractivity contribution is 4.89. The summed E-state index contributed by atoms with van der Waals surface area (Å²) in [5.41, 5.74) is 0.0778. The van der Waals surface area contributed by atoms with Crippen molar-refractivity contribution in [2.24, 2.45) is 0 Å². The summed E-state index contributed by atoms with van der Waals surface area (Å²) in [6, 6.07) is 0. The Kier molecular flexibility index (Phi) is 3.67. The minimum atomic E-state index is -0.614. The van der Waals surface area contributed by atoms with Gasteiger partial charge in [-0.2, -0.15) is 0 Å². The Bertz CT molecular complexity index is 162. The van der Waals surface area contributed by atoms with Crippen molar-refractivity contribution < 1.29 is 10.2 Å². The quantitative estimate of drug-likeness (QED) is 0.533. The summed E-state index contributed by atoms with van der Waals surface area (Å²) in [4.78, 5) is 2.21. The Morgan fingerprint density at radius 3 is 2.77 bits per heavy atom. The van der Waals surface area contributed by atoms with E-state index in [4.69, 9.17) is 5.11 Å². The maximum absolute atomic E-state index is 9.33. The van der Waals surface area contributed by atoms with Crippen molar-refractivity contribution in [1.29, 1.82) is 0 Å². The number of aliphatic hydroxyl groups is 2. The lowest BCUT2D eigenvalue weighted by atomic mass is 10.00. The summed E-state index contributed by atoms with van der Waals surface area (Å²) >= 11 is 0. The summed E-state index contributed by atoms with van der Waals surface area (Å²) in [6.45, 7) is 7.52. The van der Waals surface area contributed by atoms with Gasteiger partial charge in [0, 0.05) is 31.7 Å². The van der Waals surface area contributed by atoms with Crippen molar-refractivity contribution in [2.45, 2.75) is 25.5 Å². The van der Waals surface area contributed by atoms with Gasteiger partial charge in [0.1, 0.15) is 0 Å². The first kappa shape index (κ1) is 10.9. The zero-order valence-corrected chi connectivity index (χ0v) is 8.45. The summed E-state index contributed by atoms with van der Waals surface area (Å²) < 4.78 is 0. The van der Waals surface area contributed by atoms with E-state index < -0.39 is 6.10 Å². The van der Waals surface area contributed by atoms with Crippen LogP contribution < -0.4 is 5.32 Å². The summed E-state index contributed by atoms with van der Waals surface area (Å²) in [5, 5.41) is 21.4. The van der Waals surface area contributed by atoms with E-state index in [0.717, 1.165) is 19.6 Å². The molecule has 1 saturated heterocycles. The van der Waals surface area contributed by atoms with Crippen LogP contribution in [-0.4, -0.2) is 59.5 Å². The smallest absolute Gasteiger partial charge is 0.0897 e. The van der Waals surface area contributed by atoms with Gasteiger partial charge in [-0.05, 0) is 13.8 Å². The molecule has 0 aromatic heterocycles. The van der Waals surface area contributed by atoms with Crippen LogP contribution in [0.5, 0.6) is 0 Å². The fraction of sp³-hybridized carbons (Fsp3) is 1.00. The SMILES string of the molecule is CC1(C)CNCCN1CC(O)CO. The Morgan fingerprint density at radius 1 is 1.54 bits per heavy atom. The molecular formula is C9H20N2O2. The van der Waals surface area contributed by atoms with Crippen LogP contribution in [0.25, 0.3) is 0 Å². The molecule has 1 aliphatic heterocycles. The van der Waals surface area contributed by atoms with E-state index in [1.54, 1.807) is 0 Å². The molecule has 0 saturated carbocycles. The van der Waals surface area contributed by atoms with E-state index in [9.17, 15) is 5.11 Å². The molecule has 0 aliphatic carbocycles. The molecule has 0 bridgehead atoms. The molecule has 4 nitrogen and oxygen atoms in total. The van der Waals surface area contributed by atoms with Crippen molar-refractivity contribution >= 4 is 0 Å². The van der Waals surface area contributed by atoms with E-state index in [1.807, 2.05) is 0 Å². The van der Waals surface area contributed by atoms with Gasteiger partial charge in [-0.3, -0.25) is 4.90 Å². The van der Waals surface area contributed by atoms with E-state index in [2.05, 4.69) is 24.1 Å². The minimum absolute atomic E-state index is 0.0778. The molecule has 1 atom stereocenters. The van der Waals surface area contributed by atoms with Crippen molar-refractivity contribution in [1.82, 2.24) is 10.2 Å². The average molecular weight is 188 g/mol. The van der Waals surface area contributed by atoms with Crippen LogP contribution in [0.1, 0.15) is 13.8 Å². The van der Waals surface area contributed by atoms with Gasteiger partial charge < -0.3 is 15.5 Å². The van der Waals surface area contributed by atoms with Crippen molar-refractivity contribution in [3.05, 3.63) is 0 Å². The molecule has 0 amide bonds. The van der Waals surface area contributed by atoms with Crippen LogP contribution >= 0.6 is 0 Å². The highest BCUT2D eigenvalue weighted by Crippen LogP contribution is 2.15. The molecule has 1 rings (SSSR count). The first-order chi connectivity index (χ1) is 6.06. The van der Waals surface area contributed by atoms with Crippen molar-refractivity contribution in [3.63, 3.8) is 0 Å². The monoisotopic (exact) mass is 188 g/mol. The standard InChI is InChI=1S/C9H20N2O2/c1-9(2)7-10-3-4-11(9)5-8(13)6-12/h8,10,12-13H,3-7H2,1-2H3. The number of piperazine rings is 1.